The standard InChI is InChI=1S/C3H4INO2/c4-7-3(6)1-2-5/h1-2H,5H2/b2-1+. The highest BCUT2D eigenvalue weighted by atomic mass is 127. The largest absolute Gasteiger partial charge is 0.404 e. The van der Waals surface area contributed by atoms with Crippen LogP contribution in [0.4, 0.5) is 0 Å². The van der Waals surface area contributed by atoms with Crippen LogP contribution in [0, 0.1) is 0 Å². The van der Waals surface area contributed by atoms with Crippen molar-refractivity contribution < 1.29 is 7.86 Å². The minimum atomic E-state index is -0.442. The van der Waals surface area contributed by atoms with E-state index in [-0.39, 0.29) is 0 Å². The van der Waals surface area contributed by atoms with E-state index < -0.39 is 5.97 Å². The van der Waals surface area contributed by atoms with Gasteiger partial charge >= 0.3 is 5.97 Å². The maximum Gasteiger partial charge on any atom is 0.341 e. The molecule has 0 spiro atoms. The normalized spacial score (nSPS) is 9.29. The molecule has 4 heteroatoms. The molecule has 40 valence electrons. The lowest BCUT2D eigenvalue weighted by molar-refractivity contribution is -0.126. The van der Waals surface area contributed by atoms with Crippen LogP contribution in [0.1, 0.15) is 0 Å². The molecule has 0 radical (unpaired) electrons. The first-order chi connectivity index (χ1) is 3.31. The molecule has 0 saturated carbocycles. The molecule has 0 unspecified atom stereocenters. The van der Waals surface area contributed by atoms with Crippen molar-refractivity contribution in [3.63, 3.8) is 0 Å². The molecule has 0 aliphatic rings. The molecule has 0 amide bonds. The van der Waals surface area contributed by atoms with Crippen molar-refractivity contribution in [1.82, 2.24) is 0 Å². The highest BCUT2D eigenvalue weighted by Crippen LogP contribution is 1.86. The van der Waals surface area contributed by atoms with Crippen LogP contribution >= 0.6 is 23.0 Å². The third kappa shape index (κ3) is 3.57. The smallest absolute Gasteiger partial charge is 0.341 e. The molecule has 0 aromatic carbocycles. The third-order valence-electron chi connectivity index (χ3n) is 0.308. The summed E-state index contributed by atoms with van der Waals surface area (Å²) < 4.78 is 4.15. The molecular formula is C3H4INO2. The number of hydrogen-bond acceptors (Lipinski definition) is 3. The monoisotopic (exact) mass is 213 g/mol. The van der Waals surface area contributed by atoms with Crippen LogP contribution in [-0.4, -0.2) is 5.97 Å². The lowest BCUT2D eigenvalue weighted by atomic mass is 10.6. The van der Waals surface area contributed by atoms with Crippen LogP contribution in [-0.2, 0) is 7.86 Å². The van der Waals surface area contributed by atoms with E-state index in [0.717, 1.165) is 12.3 Å². The van der Waals surface area contributed by atoms with Gasteiger partial charge in [0.05, 0.1) is 0 Å². The summed E-state index contributed by atoms with van der Waals surface area (Å²) in [5.74, 6) is -0.442. The van der Waals surface area contributed by atoms with E-state index in [4.69, 9.17) is 5.73 Å². The first-order valence-corrected chi connectivity index (χ1v) is 2.40. The minimum Gasteiger partial charge on any atom is -0.404 e. The van der Waals surface area contributed by atoms with Gasteiger partial charge in [-0.15, -0.1) is 0 Å². The van der Waals surface area contributed by atoms with Crippen molar-refractivity contribution in [1.29, 1.82) is 0 Å². The van der Waals surface area contributed by atoms with Gasteiger partial charge in [-0.3, -0.25) is 0 Å². The summed E-state index contributed by atoms with van der Waals surface area (Å²) in [6.45, 7) is 0. The lowest BCUT2D eigenvalue weighted by Gasteiger charge is -1.80. The highest BCUT2D eigenvalue weighted by molar-refractivity contribution is 14.1. The van der Waals surface area contributed by atoms with Gasteiger partial charge in [0.1, 0.15) is 0 Å². The predicted molar refractivity (Wildman–Crippen MR) is 33.4 cm³/mol. The van der Waals surface area contributed by atoms with Gasteiger partial charge in [0.25, 0.3) is 0 Å². The molecule has 0 heterocycles. The zero-order chi connectivity index (χ0) is 5.70. The van der Waals surface area contributed by atoms with Gasteiger partial charge in [0, 0.05) is 12.3 Å². The Kier molecular flexibility index (Phi) is 3.77. The molecule has 0 aromatic rings. The Labute approximate surface area is 55.2 Å². The van der Waals surface area contributed by atoms with Gasteiger partial charge in [-0.25, -0.2) is 4.79 Å². The fourth-order valence-electron chi connectivity index (χ4n) is 0.104. The molecule has 0 bridgehead atoms. The van der Waals surface area contributed by atoms with Crippen molar-refractivity contribution >= 4 is 29.0 Å². The van der Waals surface area contributed by atoms with Crippen LogP contribution in [0.15, 0.2) is 12.3 Å². The maximum absolute atomic E-state index is 10.0. The molecule has 0 atom stereocenters. The number of nitrogens with two attached hydrogens (primary N) is 1. The summed E-state index contributed by atoms with van der Waals surface area (Å²) in [5, 5.41) is 0. The van der Waals surface area contributed by atoms with Gasteiger partial charge in [-0.2, -0.15) is 0 Å². The summed E-state index contributed by atoms with van der Waals surface area (Å²) in [6.07, 6.45) is 2.26. The molecule has 0 aliphatic carbocycles. The molecule has 0 saturated heterocycles. The maximum atomic E-state index is 10.0. The number of rotatable bonds is 1. The average Bonchev–Trinajstić information content (AvgIpc) is 1.68. The Morgan fingerprint density at radius 3 is 2.57 bits per heavy atom. The number of carbonyl (C=O) groups excluding carboxylic acids is 1. The van der Waals surface area contributed by atoms with Crippen molar-refractivity contribution in [2.75, 3.05) is 0 Å². The first kappa shape index (κ1) is 6.74. The Morgan fingerprint density at radius 1 is 1.86 bits per heavy atom. The minimum absolute atomic E-state index is 0.442. The molecule has 0 aliphatic heterocycles. The van der Waals surface area contributed by atoms with Crippen LogP contribution < -0.4 is 5.73 Å². The van der Waals surface area contributed by atoms with Gasteiger partial charge in [0.15, 0.2) is 23.0 Å². The fourth-order valence-corrected chi connectivity index (χ4v) is 0.251. The quantitative estimate of drug-likeness (QED) is 0.505. The first-order valence-electron chi connectivity index (χ1n) is 1.52. The van der Waals surface area contributed by atoms with E-state index in [1.807, 2.05) is 0 Å². The zero-order valence-corrected chi connectivity index (χ0v) is 5.58. The van der Waals surface area contributed by atoms with Crippen LogP contribution in [0.25, 0.3) is 0 Å². The molecule has 0 rings (SSSR count). The SMILES string of the molecule is N/C=C/C(=O)OI. The van der Waals surface area contributed by atoms with Crippen molar-refractivity contribution in [3.05, 3.63) is 12.3 Å². The second-order valence-corrected chi connectivity index (χ2v) is 1.20. The second kappa shape index (κ2) is 3.91. The summed E-state index contributed by atoms with van der Waals surface area (Å²) in [7, 11) is 0. The molecule has 2 N–H and O–H groups in total. The Hall–Kier alpha value is -0.260. The van der Waals surface area contributed by atoms with Gasteiger partial charge in [0.2, 0.25) is 0 Å². The lowest BCUT2D eigenvalue weighted by Crippen LogP contribution is -1.90. The van der Waals surface area contributed by atoms with Crippen molar-refractivity contribution in [2.45, 2.75) is 0 Å². The summed E-state index contributed by atoms with van der Waals surface area (Å²) >= 11 is 1.48. The van der Waals surface area contributed by atoms with E-state index in [1.165, 1.54) is 23.0 Å². The number of carbonyl (C=O) groups is 1. The summed E-state index contributed by atoms with van der Waals surface area (Å²) in [5.41, 5.74) is 4.82. The molecule has 7 heavy (non-hydrogen) atoms. The van der Waals surface area contributed by atoms with Crippen molar-refractivity contribution in [3.8, 4) is 0 Å². The molecule has 3 nitrogen and oxygen atoms in total. The Morgan fingerprint density at radius 2 is 2.43 bits per heavy atom. The average molecular weight is 213 g/mol. The number of halogens is 1. The summed E-state index contributed by atoms with van der Waals surface area (Å²) in [6, 6.07) is 0. The van der Waals surface area contributed by atoms with Gasteiger partial charge in [-0.05, 0) is 0 Å². The zero-order valence-electron chi connectivity index (χ0n) is 3.43. The predicted octanol–water partition coefficient (Wildman–Crippen LogP) is 0.352. The van der Waals surface area contributed by atoms with E-state index in [0.29, 0.717) is 0 Å². The van der Waals surface area contributed by atoms with E-state index in [1.54, 1.807) is 0 Å². The van der Waals surface area contributed by atoms with Crippen LogP contribution in [0.5, 0.6) is 0 Å². The third-order valence-corrected chi connectivity index (χ3v) is 0.742. The Balaban J connectivity index is 3.37. The van der Waals surface area contributed by atoms with E-state index >= 15 is 0 Å². The van der Waals surface area contributed by atoms with E-state index in [2.05, 4.69) is 3.07 Å². The Bertz CT molecular complexity index is 90.9. The van der Waals surface area contributed by atoms with E-state index in [9.17, 15) is 4.79 Å². The topological polar surface area (TPSA) is 52.3 Å². The highest BCUT2D eigenvalue weighted by Gasteiger charge is 1.87. The number of hydrogen-bond donors (Lipinski definition) is 1. The molecule has 0 fully saturated rings. The molecular weight excluding hydrogens is 209 g/mol. The van der Waals surface area contributed by atoms with Crippen molar-refractivity contribution in [2.24, 2.45) is 5.73 Å². The summed E-state index contributed by atoms with van der Waals surface area (Å²) in [4.78, 5) is 10.0. The second-order valence-electron chi connectivity index (χ2n) is 0.755. The van der Waals surface area contributed by atoms with Gasteiger partial charge in [-0.1, -0.05) is 0 Å². The fraction of sp³-hybridized carbons (Fsp3) is 0. The van der Waals surface area contributed by atoms with Gasteiger partial charge < -0.3 is 8.80 Å². The van der Waals surface area contributed by atoms with Crippen LogP contribution in [0.2, 0.25) is 0 Å². The molecule has 0 aromatic heterocycles. The van der Waals surface area contributed by atoms with Crippen LogP contribution in [0.3, 0.4) is 0 Å².